The van der Waals surface area contributed by atoms with Crippen LogP contribution >= 0.6 is 11.6 Å². The van der Waals surface area contributed by atoms with E-state index in [-0.39, 0.29) is 6.42 Å². The minimum absolute atomic E-state index is 0.241. The third-order valence-corrected chi connectivity index (χ3v) is 3.96. The van der Waals surface area contributed by atoms with Gasteiger partial charge in [-0.3, -0.25) is 10.0 Å². The van der Waals surface area contributed by atoms with Crippen LogP contribution in [-0.2, 0) is 4.79 Å². The third kappa shape index (κ3) is 5.08. The highest BCUT2D eigenvalue weighted by atomic mass is 35.5. The van der Waals surface area contributed by atoms with Crippen molar-refractivity contribution < 1.29 is 15.2 Å². The van der Waals surface area contributed by atoms with Gasteiger partial charge in [-0.2, -0.15) is 0 Å². The molecule has 0 unspecified atom stereocenters. The van der Waals surface area contributed by atoms with Crippen LogP contribution in [0.5, 0.6) is 0 Å². The van der Waals surface area contributed by atoms with Gasteiger partial charge in [0, 0.05) is 11.4 Å². The SMILES string of the molecule is O=C(CCCCC(=NO)c1ccc(-c2ccc(Cl)cc2)cc1)NO. The standard InChI is InChI=1S/C18H19ClN2O3/c19-16-11-9-14(10-12-16)13-5-7-15(8-6-13)17(20-23)3-1-2-4-18(22)21-24/h5-12,23-24H,1-4H2,(H,21,22). The monoisotopic (exact) mass is 346 g/mol. The molecule has 0 aliphatic rings. The maximum absolute atomic E-state index is 10.9. The van der Waals surface area contributed by atoms with E-state index in [1.54, 1.807) is 5.48 Å². The molecule has 2 rings (SSSR count). The van der Waals surface area contributed by atoms with Gasteiger partial charge in [-0.25, -0.2) is 5.48 Å². The molecule has 0 bridgehead atoms. The highest BCUT2D eigenvalue weighted by Gasteiger charge is 2.07. The molecule has 24 heavy (non-hydrogen) atoms. The van der Waals surface area contributed by atoms with Gasteiger partial charge in [0.25, 0.3) is 0 Å². The summed E-state index contributed by atoms with van der Waals surface area (Å²) in [5, 5.41) is 21.7. The van der Waals surface area contributed by atoms with Crippen molar-refractivity contribution in [2.75, 3.05) is 0 Å². The highest BCUT2D eigenvalue weighted by molar-refractivity contribution is 6.30. The van der Waals surface area contributed by atoms with Gasteiger partial charge in [0.15, 0.2) is 0 Å². The second kappa shape index (κ2) is 9.05. The summed E-state index contributed by atoms with van der Waals surface area (Å²) in [7, 11) is 0. The fourth-order valence-electron chi connectivity index (χ4n) is 2.38. The molecule has 6 heteroatoms. The first kappa shape index (κ1) is 18.0. The molecule has 0 spiro atoms. The lowest BCUT2D eigenvalue weighted by Gasteiger charge is -2.07. The second-order valence-corrected chi connectivity index (χ2v) is 5.81. The van der Waals surface area contributed by atoms with Crippen LogP contribution in [0.2, 0.25) is 5.02 Å². The van der Waals surface area contributed by atoms with Crippen LogP contribution in [-0.4, -0.2) is 22.0 Å². The summed E-state index contributed by atoms with van der Waals surface area (Å²) >= 11 is 5.89. The average Bonchev–Trinajstić information content (AvgIpc) is 2.62. The van der Waals surface area contributed by atoms with Gasteiger partial charge in [-0.05, 0) is 48.1 Å². The molecule has 126 valence electrons. The van der Waals surface area contributed by atoms with E-state index in [1.807, 2.05) is 48.5 Å². The number of oxime groups is 1. The third-order valence-electron chi connectivity index (χ3n) is 3.71. The second-order valence-electron chi connectivity index (χ2n) is 5.37. The Labute approximate surface area is 145 Å². The summed E-state index contributed by atoms with van der Waals surface area (Å²) in [4.78, 5) is 10.9. The van der Waals surface area contributed by atoms with Crippen LogP contribution in [0, 0.1) is 0 Å². The number of hydrogen-bond donors (Lipinski definition) is 3. The number of carbonyl (C=O) groups is 1. The Morgan fingerprint density at radius 1 is 0.958 bits per heavy atom. The normalized spacial score (nSPS) is 11.3. The Bertz CT molecular complexity index is 697. The molecule has 0 aromatic heterocycles. The molecule has 1 amide bonds. The van der Waals surface area contributed by atoms with Gasteiger partial charge in [0.2, 0.25) is 5.91 Å². The van der Waals surface area contributed by atoms with Crippen molar-refractivity contribution in [2.24, 2.45) is 5.16 Å². The molecule has 3 N–H and O–H groups in total. The number of hydroxylamine groups is 1. The first-order valence-corrected chi connectivity index (χ1v) is 8.02. The van der Waals surface area contributed by atoms with Crippen molar-refractivity contribution in [3.05, 3.63) is 59.1 Å². The van der Waals surface area contributed by atoms with Crippen LogP contribution in [0.3, 0.4) is 0 Å². The Hall–Kier alpha value is -2.37. The van der Waals surface area contributed by atoms with E-state index >= 15 is 0 Å². The van der Waals surface area contributed by atoms with E-state index in [2.05, 4.69) is 5.16 Å². The molecule has 2 aromatic carbocycles. The number of benzene rings is 2. The molecule has 0 atom stereocenters. The van der Waals surface area contributed by atoms with Gasteiger partial charge >= 0.3 is 0 Å². The number of carbonyl (C=O) groups excluding carboxylic acids is 1. The molecule has 5 nitrogen and oxygen atoms in total. The molecule has 0 heterocycles. The number of amides is 1. The zero-order chi connectivity index (χ0) is 17.4. The lowest BCUT2D eigenvalue weighted by atomic mass is 9.99. The van der Waals surface area contributed by atoms with Gasteiger partial charge in [0.1, 0.15) is 0 Å². The van der Waals surface area contributed by atoms with E-state index in [9.17, 15) is 10.0 Å². The first-order chi connectivity index (χ1) is 11.6. The van der Waals surface area contributed by atoms with E-state index < -0.39 is 5.91 Å². The predicted octanol–water partition coefficient (Wildman–Crippen LogP) is 4.25. The fourth-order valence-corrected chi connectivity index (χ4v) is 2.51. The molecule has 2 aromatic rings. The largest absolute Gasteiger partial charge is 0.411 e. The van der Waals surface area contributed by atoms with Gasteiger partial charge < -0.3 is 5.21 Å². The van der Waals surface area contributed by atoms with Crippen LogP contribution in [0.1, 0.15) is 31.2 Å². The molecular weight excluding hydrogens is 328 g/mol. The van der Waals surface area contributed by atoms with Gasteiger partial charge in [-0.1, -0.05) is 53.2 Å². The summed E-state index contributed by atoms with van der Waals surface area (Å²) in [5.41, 5.74) is 5.11. The number of halogens is 1. The molecule has 0 saturated carbocycles. The lowest BCUT2D eigenvalue weighted by molar-refractivity contribution is -0.129. The van der Waals surface area contributed by atoms with Crippen molar-refractivity contribution in [3.63, 3.8) is 0 Å². The topological polar surface area (TPSA) is 81.9 Å². The number of rotatable bonds is 7. The van der Waals surface area contributed by atoms with Crippen LogP contribution in [0.15, 0.2) is 53.7 Å². The van der Waals surface area contributed by atoms with Crippen LogP contribution in [0.4, 0.5) is 0 Å². The Kier molecular flexibility index (Phi) is 6.78. The van der Waals surface area contributed by atoms with Gasteiger partial charge in [0.05, 0.1) is 5.71 Å². The molecule has 0 fully saturated rings. The quantitative estimate of drug-likeness (QED) is 0.230. The summed E-state index contributed by atoms with van der Waals surface area (Å²) in [6, 6.07) is 15.3. The summed E-state index contributed by atoms with van der Waals surface area (Å²) in [6.07, 6.45) is 2.08. The minimum atomic E-state index is -0.412. The summed E-state index contributed by atoms with van der Waals surface area (Å²) in [5.74, 6) is -0.412. The molecular formula is C18H19ClN2O3. The number of nitrogens with zero attached hydrogens (tertiary/aromatic N) is 1. The van der Waals surface area contributed by atoms with Crippen molar-refractivity contribution in [3.8, 4) is 11.1 Å². The van der Waals surface area contributed by atoms with Crippen LogP contribution < -0.4 is 5.48 Å². The van der Waals surface area contributed by atoms with Crippen molar-refractivity contribution in [2.45, 2.75) is 25.7 Å². The molecule has 0 aliphatic carbocycles. The van der Waals surface area contributed by atoms with Crippen molar-refractivity contribution in [1.82, 2.24) is 5.48 Å². The Morgan fingerprint density at radius 2 is 1.50 bits per heavy atom. The first-order valence-electron chi connectivity index (χ1n) is 7.64. The fraction of sp³-hybridized carbons (Fsp3) is 0.222. The van der Waals surface area contributed by atoms with E-state index in [0.29, 0.717) is 30.0 Å². The zero-order valence-electron chi connectivity index (χ0n) is 13.1. The maximum atomic E-state index is 10.9. The van der Waals surface area contributed by atoms with Crippen molar-refractivity contribution in [1.29, 1.82) is 0 Å². The minimum Gasteiger partial charge on any atom is -0.411 e. The lowest BCUT2D eigenvalue weighted by Crippen LogP contribution is -2.17. The van der Waals surface area contributed by atoms with Crippen LogP contribution in [0.25, 0.3) is 11.1 Å². The highest BCUT2D eigenvalue weighted by Crippen LogP contribution is 2.22. The number of nitrogens with one attached hydrogen (secondary N) is 1. The maximum Gasteiger partial charge on any atom is 0.243 e. The summed E-state index contributed by atoms with van der Waals surface area (Å²) in [6.45, 7) is 0. The average molecular weight is 347 g/mol. The van der Waals surface area contributed by atoms with Crippen molar-refractivity contribution >= 4 is 23.2 Å². The Morgan fingerprint density at radius 3 is 2.04 bits per heavy atom. The number of hydrogen-bond acceptors (Lipinski definition) is 4. The summed E-state index contributed by atoms with van der Waals surface area (Å²) < 4.78 is 0. The van der Waals surface area contributed by atoms with E-state index in [4.69, 9.17) is 16.8 Å². The zero-order valence-corrected chi connectivity index (χ0v) is 13.8. The smallest absolute Gasteiger partial charge is 0.243 e. The number of unbranched alkanes of at least 4 members (excludes halogenated alkanes) is 1. The predicted molar refractivity (Wildman–Crippen MR) is 93.6 cm³/mol. The van der Waals surface area contributed by atoms with E-state index in [1.165, 1.54) is 0 Å². The van der Waals surface area contributed by atoms with E-state index in [0.717, 1.165) is 16.7 Å². The Balaban J connectivity index is 1.97. The van der Waals surface area contributed by atoms with Gasteiger partial charge in [-0.15, -0.1) is 0 Å². The molecule has 0 aliphatic heterocycles. The molecule has 0 radical (unpaired) electrons. The molecule has 0 saturated heterocycles.